The topological polar surface area (TPSA) is 63.9 Å². The molecule has 0 radical (unpaired) electrons. The molecule has 0 saturated heterocycles. The number of rotatable bonds is 4. The number of thiophene rings is 1. The van der Waals surface area contributed by atoms with E-state index in [1.807, 2.05) is 66.8 Å². The molecule has 2 aromatic heterocycles. The van der Waals surface area contributed by atoms with Crippen molar-refractivity contribution in [2.75, 3.05) is 26.1 Å². The fraction of sp³-hybridized carbons (Fsp3) is 0.227. The highest BCUT2D eigenvalue weighted by Gasteiger charge is 2.33. The number of hydrogen-bond donors (Lipinski definition) is 0. The summed E-state index contributed by atoms with van der Waals surface area (Å²) in [5, 5.41) is 1.93. The van der Waals surface area contributed by atoms with Gasteiger partial charge in [0.15, 0.2) is 4.80 Å². The van der Waals surface area contributed by atoms with Crippen LogP contribution in [0, 0.1) is 0 Å². The molecule has 1 atom stereocenters. The summed E-state index contributed by atoms with van der Waals surface area (Å²) in [4.78, 5) is 34.0. The van der Waals surface area contributed by atoms with Crippen molar-refractivity contribution in [1.29, 1.82) is 0 Å². The van der Waals surface area contributed by atoms with Crippen LogP contribution in [0.25, 0.3) is 6.08 Å². The van der Waals surface area contributed by atoms with Crippen molar-refractivity contribution in [3.63, 3.8) is 0 Å². The lowest BCUT2D eigenvalue weighted by molar-refractivity contribution is -0.136. The normalized spacial score (nSPS) is 16.3. The summed E-state index contributed by atoms with van der Waals surface area (Å²) in [5.74, 6) is -0.469. The van der Waals surface area contributed by atoms with Gasteiger partial charge in [-0.1, -0.05) is 29.5 Å². The summed E-state index contributed by atoms with van der Waals surface area (Å²) in [5.41, 5.74) is 2.83. The molecule has 3 heterocycles. The highest BCUT2D eigenvalue weighted by molar-refractivity contribution is 7.10. The van der Waals surface area contributed by atoms with E-state index in [0.29, 0.717) is 20.6 Å². The number of anilines is 1. The van der Waals surface area contributed by atoms with Crippen LogP contribution in [0.4, 0.5) is 5.69 Å². The average molecular weight is 440 g/mol. The van der Waals surface area contributed by atoms with Crippen molar-refractivity contribution >= 4 is 40.4 Å². The van der Waals surface area contributed by atoms with E-state index in [2.05, 4.69) is 4.99 Å². The van der Waals surface area contributed by atoms with E-state index >= 15 is 0 Å². The molecule has 6 nitrogen and oxygen atoms in total. The SMILES string of the molecule is COC(=O)C1=C(C)N=c2s/c(=C\c3ccc(N(C)C)cc3)c(=O)n2C1c1cccs1. The van der Waals surface area contributed by atoms with Crippen molar-refractivity contribution in [3.05, 3.63) is 83.2 Å². The van der Waals surface area contributed by atoms with Crippen LogP contribution in [0.2, 0.25) is 0 Å². The molecule has 0 amide bonds. The molecule has 1 aliphatic rings. The summed E-state index contributed by atoms with van der Waals surface area (Å²) in [7, 11) is 5.31. The van der Waals surface area contributed by atoms with Crippen LogP contribution in [0.5, 0.6) is 0 Å². The molecular weight excluding hydrogens is 418 g/mol. The first kappa shape index (κ1) is 20.3. The van der Waals surface area contributed by atoms with Crippen LogP contribution >= 0.6 is 22.7 Å². The molecule has 3 aromatic rings. The maximum Gasteiger partial charge on any atom is 0.338 e. The molecule has 30 heavy (non-hydrogen) atoms. The van der Waals surface area contributed by atoms with Crippen LogP contribution in [-0.4, -0.2) is 31.7 Å². The van der Waals surface area contributed by atoms with Crippen LogP contribution in [0.3, 0.4) is 0 Å². The monoisotopic (exact) mass is 439 g/mol. The van der Waals surface area contributed by atoms with Gasteiger partial charge >= 0.3 is 5.97 Å². The Bertz CT molecular complexity index is 1300. The van der Waals surface area contributed by atoms with Gasteiger partial charge in [0, 0.05) is 24.7 Å². The minimum Gasteiger partial charge on any atom is -0.466 e. The number of ether oxygens (including phenoxy) is 1. The number of aromatic nitrogens is 1. The van der Waals surface area contributed by atoms with E-state index in [9.17, 15) is 9.59 Å². The van der Waals surface area contributed by atoms with E-state index in [-0.39, 0.29) is 5.56 Å². The van der Waals surface area contributed by atoms with Crippen molar-refractivity contribution in [2.45, 2.75) is 13.0 Å². The molecule has 1 unspecified atom stereocenters. The minimum atomic E-state index is -0.535. The molecule has 0 aliphatic carbocycles. The first-order valence-corrected chi connectivity index (χ1v) is 11.0. The molecule has 0 spiro atoms. The highest BCUT2D eigenvalue weighted by atomic mass is 32.1. The number of methoxy groups -OCH3 is 1. The Hall–Kier alpha value is -2.97. The minimum absolute atomic E-state index is 0.164. The van der Waals surface area contributed by atoms with Gasteiger partial charge in [-0.2, -0.15) is 0 Å². The smallest absolute Gasteiger partial charge is 0.338 e. The Morgan fingerprint density at radius 1 is 1.23 bits per heavy atom. The number of thiazole rings is 1. The number of esters is 1. The van der Waals surface area contributed by atoms with E-state index in [0.717, 1.165) is 16.1 Å². The second kappa shape index (κ2) is 8.04. The lowest BCUT2D eigenvalue weighted by Crippen LogP contribution is -2.39. The molecule has 1 aliphatic heterocycles. The Kier molecular flexibility index (Phi) is 5.44. The molecule has 0 saturated carbocycles. The van der Waals surface area contributed by atoms with E-state index < -0.39 is 12.0 Å². The number of allylic oxidation sites excluding steroid dienone is 1. The lowest BCUT2D eigenvalue weighted by atomic mass is 10.0. The number of fused-ring (bicyclic) bond motifs is 1. The molecular formula is C22H21N3O3S2. The first-order chi connectivity index (χ1) is 14.4. The van der Waals surface area contributed by atoms with Gasteiger partial charge in [-0.05, 0) is 42.1 Å². The van der Waals surface area contributed by atoms with Gasteiger partial charge in [-0.3, -0.25) is 9.36 Å². The van der Waals surface area contributed by atoms with E-state index in [1.165, 1.54) is 29.8 Å². The summed E-state index contributed by atoms with van der Waals surface area (Å²) in [6.45, 7) is 1.78. The average Bonchev–Trinajstić information content (AvgIpc) is 3.36. The Morgan fingerprint density at radius 3 is 2.57 bits per heavy atom. The molecule has 1 aromatic carbocycles. The third-order valence-electron chi connectivity index (χ3n) is 4.95. The molecule has 0 bridgehead atoms. The molecule has 154 valence electrons. The summed E-state index contributed by atoms with van der Waals surface area (Å²) in [6, 6.07) is 11.3. The van der Waals surface area contributed by atoms with Gasteiger partial charge in [-0.25, -0.2) is 9.79 Å². The number of carbonyl (C=O) groups excluding carboxylic acids is 1. The number of benzene rings is 1. The largest absolute Gasteiger partial charge is 0.466 e. The highest BCUT2D eigenvalue weighted by Crippen LogP contribution is 2.32. The standard InChI is InChI=1S/C22H21N3O3S2/c1-13-18(21(27)28-4)19(16-6-5-11-29-16)25-20(26)17(30-22(25)23-13)12-14-7-9-15(10-8-14)24(2)3/h5-12,19H,1-4H3/b17-12-. The van der Waals surface area contributed by atoms with Crippen LogP contribution in [-0.2, 0) is 9.53 Å². The summed E-state index contributed by atoms with van der Waals surface area (Å²) in [6.07, 6.45) is 1.87. The molecule has 8 heteroatoms. The zero-order valence-electron chi connectivity index (χ0n) is 17.1. The fourth-order valence-corrected chi connectivity index (χ4v) is 5.30. The summed E-state index contributed by atoms with van der Waals surface area (Å²) < 4.78 is 7.18. The number of hydrogen-bond acceptors (Lipinski definition) is 7. The van der Waals surface area contributed by atoms with Crippen molar-refractivity contribution in [3.8, 4) is 0 Å². The van der Waals surface area contributed by atoms with Crippen molar-refractivity contribution < 1.29 is 9.53 Å². The predicted octanol–water partition coefficient (Wildman–Crippen LogP) is 2.54. The second-order valence-corrected chi connectivity index (χ2v) is 9.06. The Labute approximate surface area is 181 Å². The fourth-order valence-electron chi connectivity index (χ4n) is 3.43. The van der Waals surface area contributed by atoms with Gasteiger partial charge in [0.25, 0.3) is 5.56 Å². The first-order valence-electron chi connectivity index (χ1n) is 9.32. The zero-order chi connectivity index (χ0) is 21.4. The van der Waals surface area contributed by atoms with Gasteiger partial charge in [0.05, 0.1) is 22.9 Å². The molecule has 4 rings (SSSR count). The maximum absolute atomic E-state index is 13.4. The van der Waals surface area contributed by atoms with Gasteiger partial charge < -0.3 is 9.64 Å². The summed E-state index contributed by atoms with van der Waals surface area (Å²) >= 11 is 2.83. The molecule has 0 N–H and O–H groups in total. The number of nitrogens with zero attached hydrogens (tertiary/aromatic N) is 3. The van der Waals surface area contributed by atoms with Gasteiger partial charge in [-0.15, -0.1) is 11.3 Å². The third kappa shape index (κ3) is 3.53. The van der Waals surface area contributed by atoms with Crippen LogP contribution in [0.15, 0.2) is 62.8 Å². The van der Waals surface area contributed by atoms with E-state index in [1.54, 1.807) is 11.5 Å². The van der Waals surface area contributed by atoms with Gasteiger partial charge in [0.2, 0.25) is 0 Å². The van der Waals surface area contributed by atoms with E-state index in [4.69, 9.17) is 4.74 Å². The third-order valence-corrected chi connectivity index (χ3v) is 6.85. The molecule has 0 fully saturated rings. The quantitative estimate of drug-likeness (QED) is 0.586. The maximum atomic E-state index is 13.4. The van der Waals surface area contributed by atoms with Gasteiger partial charge in [0.1, 0.15) is 6.04 Å². The lowest BCUT2D eigenvalue weighted by Gasteiger charge is -2.22. The Morgan fingerprint density at radius 2 is 1.97 bits per heavy atom. The van der Waals surface area contributed by atoms with Crippen molar-refractivity contribution in [2.24, 2.45) is 4.99 Å². The predicted molar refractivity (Wildman–Crippen MR) is 121 cm³/mol. The Balaban J connectivity index is 1.89. The zero-order valence-corrected chi connectivity index (χ0v) is 18.7. The number of carbonyl (C=O) groups is 1. The van der Waals surface area contributed by atoms with Crippen LogP contribution < -0.4 is 19.8 Å². The van der Waals surface area contributed by atoms with Crippen molar-refractivity contribution in [1.82, 2.24) is 4.57 Å². The van der Waals surface area contributed by atoms with Crippen LogP contribution in [0.1, 0.15) is 23.4 Å². The second-order valence-electron chi connectivity index (χ2n) is 7.07.